The Bertz CT molecular complexity index is 704. The number of ether oxygens (including phenoxy) is 1. The van der Waals surface area contributed by atoms with Crippen LogP contribution in [0.1, 0.15) is 29.6 Å². The van der Waals surface area contributed by atoms with E-state index in [1.807, 2.05) is 0 Å². The third-order valence-electron chi connectivity index (χ3n) is 4.30. The molecule has 0 saturated carbocycles. The number of carbonyl (C=O) groups is 4. The minimum absolute atomic E-state index is 0.0869. The molecule has 1 heterocycles. The van der Waals surface area contributed by atoms with Crippen molar-refractivity contribution in [2.24, 2.45) is 5.92 Å². The summed E-state index contributed by atoms with van der Waals surface area (Å²) < 4.78 is 4.49. The number of rotatable bonds is 6. The largest absolute Gasteiger partial charge is 0.481 e. The Morgan fingerprint density at radius 2 is 1.93 bits per heavy atom. The van der Waals surface area contributed by atoms with E-state index in [2.05, 4.69) is 15.4 Å². The van der Waals surface area contributed by atoms with Crippen LogP contribution in [0.4, 0.5) is 10.5 Å². The third kappa shape index (κ3) is 5.98. The van der Waals surface area contributed by atoms with Gasteiger partial charge < -0.3 is 25.4 Å². The summed E-state index contributed by atoms with van der Waals surface area (Å²) in [6, 6.07) is 5.92. The number of nitrogens with one attached hydrogen (secondary N) is 2. The number of methoxy groups -OCH3 is 1. The summed E-state index contributed by atoms with van der Waals surface area (Å²) in [7, 11) is 1.28. The number of hydrogen-bond donors (Lipinski definition) is 3. The van der Waals surface area contributed by atoms with Crippen LogP contribution in [-0.4, -0.2) is 60.6 Å². The van der Waals surface area contributed by atoms with E-state index in [9.17, 15) is 19.2 Å². The molecule has 1 atom stereocenters. The molecule has 1 aromatic rings. The van der Waals surface area contributed by atoms with E-state index in [-0.39, 0.29) is 31.4 Å². The van der Waals surface area contributed by atoms with Gasteiger partial charge in [0.25, 0.3) is 5.91 Å². The Morgan fingerprint density at radius 1 is 1.22 bits per heavy atom. The molecule has 1 unspecified atom stereocenters. The highest BCUT2D eigenvalue weighted by atomic mass is 16.5. The summed E-state index contributed by atoms with van der Waals surface area (Å²) in [5.74, 6) is -2.18. The molecule has 3 amide bonds. The molecular weight excluding hydrogens is 354 g/mol. The van der Waals surface area contributed by atoms with Gasteiger partial charge in [0, 0.05) is 30.9 Å². The highest BCUT2D eigenvalue weighted by Gasteiger charge is 2.28. The van der Waals surface area contributed by atoms with E-state index < -0.39 is 17.9 Å². The maximum absolute atomic E-state index is 12.3. The zero-order chi connectivity index (χ0) is 19.8. The van der Waals surface area contributed by atoms with E-state index in [1.54, 1.807) is 24.3 Å². The van der Waals surface area contributed by atoms with Crippen molar-refractivity contribution in [2.75, 3.05) is 32.1 Å². The molecule has 9 heteroatoms. The number of nitrogens with zero attached hydrogens (tertiary/aromatic N) is 1. The second-order valence-electron chi connectivity index (χ2n) is 6.21. The predicted octanol–water partition coefficient (Wildman–Crippen LogP) is 1.31. The first-order valence-electron chi connectivity index (χ1n) is 8.64. The van der Waals surface area contributed by atoms with Crippen molar-refractivity contribution in [1.82, 2.24) is 10.2 Å². The molecule has 1 aliphatic heterocycles. The molecule has 1 aliphatic rings. The number of carboxylic acids is 1. The van der Waals surface area contributed by atoms with Crippen LogP contribution < -0.4 is 10.6 Å². The Labute approximate surface area is 156 Å². The van der Waals surface area contributed by atoms with Crippen molar-refractivity contribution in [3.63, 3.8) is 0 Å². The van der Waals surface area contributed by atoms with E-state index in [0.717, 1.165) is 0 Å². The van der Waals surface area contributed by atoms with Gasteiger partial charge in [0.05, 0.1) is 19.4 Å². The van der Waals surface area contributed by atoms with Crippen molar-refractivity contribution in [3.8, 4) is 0 Å². The number of hydrogen-bond acceptors (Lipinski definition) is 5. The van der Waals surface area contributed by atoms with Gasteiger partial charge in [-0.15, -0.1) is 0 Å². The van der Waals surface area contributed by atoms with Crippen LogP contribution in [0.5, 0.6) is 0 Å². The van der Waals surface area contributed by atoms with Gasteiger partial charge in [-0.1, -0.05) is 0 Å². The number of carboxylic acid groups (broad SMARTS) is 1. The standard InChI is InChI=1S/C18H23N3O6/c1-27-15(22)8-9-19-16(23)12-4-6-14(7-5-12)20-18(26)21-10-2-3-13(11-21)17(24)25/h4-7,13H,2-3,8-11H2,1H3,(H,19,23)(H,20,26)(H,24,25). The average Bonchev–Trinajstić information content (AvgIpc) is 2.68. The normalized spacial score (nSPS) is 16.3. The number of amides is 3. The lowest BCUT2D eigenvalue weighted by molar-refractivity contribution is -0.143. The molecule has 1 aromatic carbocycles. The van der Waals surface area contributed by atoms with Crippen molar-refractivity contribution >= 4 is 29.6 Å². The van der Waals surface area contributed by atoms with Gasteiger partial charge in [-0.25, -0.2) is 4.79 Å². The quantitative estimate of drug-likeness (QED) is 0.642. The van der Waals surface area contributed by atoms with Gasteiger partial charge in [-0.2, -0.15) is 0 Å². The van der Waals surface area contributed by atoms with E-state index in [0.29, 0.717) is 30.6 Å². The summed E-state index contributed by atoms with van der Waals surface area (Å²) in [5, 5.41) is 14.4. The first-order chi connectivity index (χ1) is 12.9. The molecule has 2 rings (SSSR count). The maximum atomic E-state index is 12.3. The molecular formula is C18H23N3O6. The number of aliphatic carboxylic acids is 1. The molecule has 0 bridgehead atoms. The fourth-order valence-corrected chi connectivity index (χ4v) is 2.75. The number of piperidine rings is 1. The van der Waals surface area contributed by atoms with E-state index >= 15 is 0 Å². The first kappa shape index (κ1) is 20.2. The minimum Gasteiger partial charge on any atom is -0.481 e. The van der Waals surface area contributed by atoms with Crippen LogP contribution in [0.25, 0.3) is 0 Å². The number of anilines is 1. The lowest BCUT2D eigenvalue weighted by atomic mass is 9.99. The Kier molecular flexibility index (Phi) is 7.16. The average molecular weight is 377 g/mol. The zero-order valence-corrected chi connectivity index (χ0v) is 15.1. The monoisotopic (exact) mass is 377 g/mol. The van der Waals surface area contributed by atoms with Gasteiger partial charge in [0.2, 0.25) is 0 Å². The maximum Gasteiger partial charge on any atom is 0.321 e. The molecule has 3 N–H and O–H groups in total. The number of urea groups is 1. The molecule has 0 aliphatic carbocycles. The van der Waals surface area contributed by atoms with Gasteiger partial charge >= 0.3 is 18.0 Å². The zero-order valence-electron chi connectivity index (χ0n) is 15.1. The predicted molar refractivity (Wildman–Crippen MR) is 96.4 cm³/mol. The van der Waals surface area contributed by atoms with Crippen LogP contribution in [-0.2, 0) is 14.3 Å². The SMILES string of the molecule is COC(=O)CCNC(=O)c1ccc(NC(=O)N2CCCC(C(=O)O)C2)cc1. The van der Waals surface area contributed by atoms with Crippen LogP contribution in [0.3, 0.4) is 0 Å². The Morgan fingerprint density at radius 3 is 2.56 bits per heavy atom. The number of esters is 1. The Hall–Kier alpha value is -3.10. The summed E-state index contributed by atoms with van der Waals surface area (Å²) in [6.07, 6.45) is 1.30. The molecule has 0 aromatic heterocycles. The smallest absolute Gasteiger partial charge is 0.321 e. The van der Waals surface area contributed by atoms with E-state index in [1.165, 1.54) is 12.0 Å². The van der Waals surface area contributed by atoms with Crippen LogP contribution >= 0.6 is 0 Å². The van der Waals surface area contributed by atoms with E-state index in [4.69, 9.17) is 5.11 Å². The lowest BCUT2D eigenvalue weighted by Gasteiger charge is -2.30. The van der Waals surface area contributed by atoms with Crippen LogP contribution in [0.2, 0.25) is 0 Å². The fourth-order valence-electron chi connectivity index (χ4n) is 2.75. The van der Waals surface area contributed by atoms with Crippen LogP contribution in [0.15, 0.2) is 24.3 Å². The molecule has 9 nitrogen and oxygen atoms in total. The number of likely N-dealkylation sites (tertiary alicyclic amines) is 1. The third-order valence-corrected chi connectivity index (χ3v) is 4.30. The second kappa shape index (κ2) is 9.56. The lowest BCUT2D eigenvalue weighted by Crippen LogP contribution is -2.44. The molecule has 0 radical (unpaired) electrons. The van der Waals surface area contributed by atoms with Gasteiger partial charge in [0.1, 0.15) is 0 Å². The second-order valence-corrected chi connectivity index (χ2v) is 6.21. The summed E-state index contributed by atoms with van der Waals surface area (Å²) in [4.78, 5) is 47.9. The Balaban J connectivity index is 1.85. The summed E-state index contributed by atoms with van der Waals surface area (Å²) in [6.45, 7) is 0.863. The molecule has 27 heavy (non-hydrogen) atoms. The van der Waals surface area contributed by atoms with Crippen molar-refractivity contribution < 1.29 is 29.0 Å². The molecule has 0 spiro atoms. The molecule has 146 valence electrons. The van der Waals surface area contributed by atoms with Gasteiger partial charge in [0.15, 0.2) is 0 Å². The number of carbonyl (C=O) groups excluding carboxylic acids is 3. The fraction of sp³-hybridized carbons (Fsp3) is 0.444. The summed E-state index contributed by atoms with van der Waals surface area (Å²) in [5.41, 5.74) is 0.894. The van der Waals surface area contributed by atoms with Gasteiger partial charge in [-0.05, 0) is 37.1 Å². The van der Waals surface area contributed by atoms with Crippen molar-refractivity contribution in [3.05, 3.63) is 29.8 Å². The first-order valence-corrected chi connectivity index (χ1v) is 8.64. The van der Waals surface area contributed by atoms with Gasteiger partial charge in [-0.3, -0.25) is 14.4 Å². The van der Waals surface area contributed by atoms with Crippen molar-refractivity contribution in [1.29, 1.82) is 0 Å². The van der Waals surface area contributed by atoms with Crippen LogP contribution in [0, 0.1) is 5.92 Å². The minimum atomic E-state index is -0.893. The topological polar surface area (TPSA) is 125 Å². The summed E-state index contributed by atoms with van der Waals surface area (Å²) >= 11 is 0. The highest BCUT2D eigenvalue weighted by Crippen LogP contribution is 2.18. The molecule has 1 saturated heterocycles. The van der Waals surface area contributed by atoms with Crippen molar-refractivity contribution in [2.45, 2.75) is 19.3 Å². The highest BCUT2D eigenvalue weighted by molar-refractivity contribution is 5.95. The molecule has 1 fully saturated rings. The number of benzene rings is 1.